The molecule has 0 aliphatic carbocycles. The second-order valence-corrected chi connectivity index (χ2v) is 6.60. The van der Waals surface area contributed by atoms with Crippen LogP contribution in [-0.4, -0.2) is 23.4 Å². The van der Waals surface area contributed by atoms with Gasteiger partial charge in [-0.25, -0.2) is 0 Å². The molecule has 2 amide bonds. The molecular formula is C20H16BrN3O3. The Morgan fingerprint density at radius 1 is 0.926 bits per heavy atom. The van der Waals surface area contributed by atoms with Gasteiger partial charge in [-0.15, -0.1) is 0 Å². The second-order valence-electron chi connectivity index (χ2n) is 5.68. The monoisotopic (exact) mass is 425 g/mol. The lowest BCUT2D eigenvalue weighted by molar-refractivity contribution is 0.0960. The lowest BCUT2D eigenvalue weighted by Gasteiger charge is -2.10. The zero-order chi connectivity index (χ0) is 19.4. The summed E-state index contributed by atoms with van der Waals surface area (Å²) in [7, 11) is 1.47. The van der Waals surface area contributed by atoms with Crippen LogP contribution < -0.4 is 16.2 Å². The van der Waals surface area contributed by atoms with Gasteiger partial charge >= 0.3 is 0 Å². The summed E-state index contributed by atoms with van der Waals surface area (Å²) in [5, 5.41) is 5.25. The first-order chi connectivity index (χ1) is 13.0. The number of pyridine rings is 1. The van der Waals surface area contributed by atoms with Crippen LogP contribution >= 0.6 is 15.9 Å². The van der Waals surface area contributed by atoms with Gasteiger partial charge in [-0.1, -0.05) is 15.9 Å². The Morgan fingerprint density at radius 3 is 2.22 bits per heavy atom. The van der Waals surface area contributed by atoms with Gasteiger partial charge in [0.2, 0.25) is 0 Å². The fraction of sp³-hybridized carbons (Fsp3) is 0.0500. The van der Waals surface area contributed by atoms with E-state index in [0.717, 1.165) is 4.47 Å². The molecule has 0 saturated carbocycles. The molecule has 3 rings (SSSR count). The maximum atomic E-state index is 12.5. The number of benzene rings is 2. The number of anilines is 1. The first-order valence-electron chi connectivity index (χ1n) is 8.10. The summed E-state index contributed by atoms with van der Waals surface area (Å²) in [5.41, 5.74) is 1.38. The van der Waals surface area contributed by atoms with E-state index in [1.54, 1.807) is 60.8 Å². The molecule has 0 spiro atoms. The molecule has 136 valence electrons. The van der Waals surface area contributed by atoms with Crippen molar-refractivity contribution in [2.75, 3.05) is 12.4 Å². The summed E-state index contributed by atoms with van der Waals surface area (Å²) in [5.74, 6) is -0.665. The van der Waals surface area contributed by atoms with Crippen molar-refractivity contribution in [3.63, 3.8) is 0 Å². The first kappa shape index (κ1) is 18.6. The molecule has 0 fully saturated rings. The van der Waals surface area contributed by atoms with Crippen LogP contribution in [0.15, 0.2) is 76.1 Å². The zero-order valence-corrected chi connectivity index (χ0v) is 16.0. The quantitative estimate of drug-likeness (QED) is 0.673. The fourth-order valence-electron chi connectivity index (χ4n) is 2.51. The van der Waals surface area contributed by atoms with Gasteiger partial charge in [0.1, 0.15) is 5.56 Å². The second kappa shape index (κ2) is 8.01. The highest BCUT2D eigenvalue weighted by molar-refractivity contribution is 9.10. The molecule has 1 heterocycles. The number of carbonyl (C=O) groups excluding carboxylic acids is 2. The van der Waals surface area contributed by atoms with Crippen molar-refractivity contribution in [1.29, 1.82) is 0 Å². The summed E-state index contributed by atoms with van der Waals surface area (Å²) >= 11 is 3.33. The number of nitrogens with one attached hydrogen (secondary N) is 2. The number of rotatable bonds is 4. The summed E-state index contributed by atoms with van der Waals surface area (Å²) in [6.07, 6.45) is 1.59. The molecule has 6 nitrogen and oxygen atoms in total. The topological polar surface area (TPSA) is 80.2 Å². The Labute approximate surface area is 164 Å². The van der Waals surface area contributed by atoms with Crippen molar-refractivity contribution < 1.29 is 9.59 Å². The van der Waals surface area contributed by atoms with Gasteiger partial charge in [0.05, 0.1) is 0 Å². The van der Waals surface area contributed by atoms with Crippen LogP contribution in [0.3, 0.4) is 0 Å². The van der Waals surface area contributed by atoms with E-state index in [1.807, 2.05) is 0 Å². The Morgan fingerprint density at radius 2 is 1.59 bits per heavy atom. The van der Waals surface area contributed by atoms with Crippen LogP contribution in [0.1, 0.15) is 20.7 Å². The van der Waals surface area contributed by atoms with Crippen LogP contribution in [0.5, 0.6) is 0 Å². The first-order valence-corrected chi connectivity index (χ1v) is 8.90. The molecule has 0 bridgehead atoms. The normalized spacial score (nSPS) is 10.3. The largest absolute Gasteiger partial charge is 0.355 e. The van der Waals surface area contributed by atoms with E-state index in [9.17, 15) is 14.4 Å². The lowest BCUT2D eigenvalue weighted by atomic mass is 10.2. The maximum absolute atomic E-state index is 12.5. The maximum Gasteiger partial charge on any atom is 0.267 e. The average Bonchev–Trinajstić information content (AvgIpc) is 2.69. The number of amides is 2. The molecule has 2 N–H and O–H groups in total. The molecule has 2 aromatic carbocycles. The number of halogens is 1. The van der Waals surface area contributed by atoms with E-state index < -0.39 is 11.5 Å². The molecule has 0 unspecified atom stereocenters. The fourth-order valence-corrected chi connectivity index (χ4v) is 2.78. The van der Waals surface area contributed by atoms with Gasteiger partial charge < -0.3 is 10.6 Å². The average molecular weight is 426 g/mol. The summed E-state index contributed by atoms with van der Waals surface area (Å²) in [6, 6.07) is 16.9. The highest BCUT2D eigenvalue weighted by atomic mass is 79.9. The summed E-state index contributed by atoms with van der Waals surface area (Å²) < 4.78 is 2.28. The van der Waals surface area contributed by atoms with Gasteiger partial charge in [0, 0.05) is 34.7 Å². The van der Waals surface area contributed by atoms with Gasteiger partial charge in [0.15, 0.2) is 0 Å². The predicted molar refractivity (Wildman–Crippen MR) is 108 cm³/mol. The molecule has 27 heavy (non-hydrogen) atoms. The number of nitrogens with zero attached hydrogens (tertiary/aromatic N) is 1. The molecule has 0 atom stereocenters. The van der Waals surface area contributed by atoms with Gasteiger partial charge in [-0.3, -0.25) is 19.0 Å². The summed E-state index contributed by atoms with van der Waals surface area (Å²) in [4.78, 5) is 36.5. The van der Waals surface area contributed by atoms with Crippen molar-refractivity contribution in [2.24, 2.45) is 0 Å². The molecule has 0 radical (unpaired) electrons. The minimum Gasteiger partial charge on any atom is -0.355 e. The van der Waals surface area contributed by atoms with Crippen LogP contribution in [0, 0.1) is 0 Å². The Balaban J connectivity index is 1.82. The third-order valence-corrected chi connectivity index (χ3v) is 4.46. The van der Waals surface area contributed by atoms with E-state index in [0.29, 0.717) is 16.9 Å². The van der Waals surface area contributed by atoms with Crippen LogP contribution in [0.25, 0.3) is 5.69 Å². The van der Waals surface area contributed by atoms with E-state index in [1.165, 1.54) is 17.7 Å². The molecule has 0 aliphatic rings. The molecule has 3 aromatic rings. The van der Waals surface area contributed by atoms with Crippen LogP contribution in [0.4, 0.5) is 5.69 Å². The summed E-state index contributed by atoms with van der Waals surface area (Å²) in [6.45, 7) is 0. The number of hydrogen-bond acceptors (Lipinski definition) is 3. The van der Waals surface area contributed by atoms with Crippen molar-refractivity contribution in [2.45, 2.75) is 0 Å². The smallest absolute Gasteiger partial charge is 0.267 e. The van der Waals surface area contributed by atoms with Crippen molar-refractivity contribution in [3.05, 3.63) is 92.8 Å². The molecule has 7 heteroatoms. The minimum atomic E-state index is -0.437. The molecule has 1 aromatic heterocycles. The molecule has 0 aliphatic heterocycles. The number of hydrogen-bond donors (Lipinski definition) is 2. The predicted octanol–water partition coefficient (Wildman–Crippen LogP) is 3.21. The highest BCUT2D eigenvalue weighted by Crippen LogP contribution is 2.15. The van der Waals surface area contributed by atoms with E-state index in [4.69, 9.17) is 0 Å². The molecule has 0 saturated heterocycles. The van der Waals surface area contributed by atoms with Crippen LogP contribution in [-0.2, 0) is 0 Å². The van der Waals surface area contributed by atoms with Gasteiger partial charge in [-0.05, 0) is 60.7 Å². The van der Waals surface area contributed by atoms with Crippen molar-refractivity contribution >= 4 is 33.4 Å². The Hall–Kier alpha value is -3.19. The molecular weight excluding hydrogens is 410 g/mol. The standard InChI is InChI=1S/C20H16BrN3O3/c1-22-19(26)17-3-2-12-24(20(17)27)16-10-8-15(9-11-16)23-18(25)13-4-6-14(21)7-5-13/h2-12H,1H3,(H,22,26)(H,23,25). The van der Waals surface area contributed by atoms with Crippen molar-refractivity contribution in [3.8, 4) is 5.69 Å². The third kappa shape index (κ3) is 4.15. The highest BCUT2D eigenvalue weighted by Gasteiger charge is 2.11. The van der Waals surface area contributed by atoms with Crippen molar-refractivity contribution in [1.82, 2.24) is 9.88 Å². The SMILES string of the molecule is CNC(=O)c1cccn(-c2ccc(NC(=O)c3ccc(Br)cc3)cc2)c1=O. The van der Waals surface area contributed by atoms with E-state index in [2.05, 4.69) is 26.6 Å². The Kier molecular flexibility index (Phi) is 5.52. The minimum absolute atomic E-state index is 0.0626. The van der Waals surface area contributed by atoms with E-state index in [-0.39, 0.29) is 11.5 Å². The Bertz CT molecular complexity index is 1040. The lowest BCUT2D eigenvalue weighted by Crippen LogP contribution is -2.30. The zero-order valence-electron chi connectivity index (χ0n) is 14.4. The van der Waals surface area contributed by atoms with Gasteiger partial charge in [-0.2, -0.15) is 0 Å². The number of aromatic nitrogens is 1. The third-order valence-electron chi connectivity index (χ3n) is 3.93. The number of carbonyl (C=O) groups is 2. The van der Waals surface area contributed by atoms with Gasteiger partial charge in [0.25, 0.3) is 17.4 Å². The van der Waals surface area contributed by atoms with E-state index >= 15 is 0 Å². The van der Waals surface area contributed by atoms with Crippen LogP contribution in [0.2, 0.25) is 0 Å².